The SMILES string of the molecule is CCCCC(=O)Nc1nc2ccc(S(=O)(=O)N(C)CC)cc2s1. The second kappa shape index (κ2) is 7.37. The zero-order valence-electron chi connectivity index (χ0n) is 13.5. The molecule has 0 bridgehead atoms. The Morgan fingerprint density at radius 3 is 2.74 bits per heavy atom. The number of hydrogen-bond donors (Lipinski definition) is 1. The Morgan fingerprint density at radius 2 is 2.09 bits per heavy atom. The molecule has 126 valence electrons. The van der Waals surface area contributed by atoms with Gasteiger partial charge >= 0.3 is 0 Å². The van der Waals surface area contributed by atoms with Crippen molar-refractivity contribution < 1.29 is 13.2 Å². The summed E-state index contributed by atoms with van der Waals surface area (Å²) in [6.45, 7) is 4.22. The maximum Gasteiger partial charge on any atom is 0.242 e. The van der Waals surface area contributed by atoms with E-state index in [0.717, 1.165) is 17.5 Å². The van der Waals surface area contributed by atoms with Gasteiger partial charge in [-0.25, -0.2) is 17.7 Å². The number of fused-ring (bicyclic) bond motifs is 1. The fraction of sp³-hybridized carbons (Fsp3) is 0.467. The van der Waals surface area contributed by atoms with Crippen LogP contribution in [0, 0.1) is 0 Å². The van der Waals surface area contributed by atoms with Gasteiger partial charge in [-0.1, -0.05) is 31.6 Å². The summed E-state index contributed by atoms with van der Waals surface area (Å²) in [6, 6.07) is 4.83. The number of nitrogens with one attached hydrogen (secondary N) is 1. The molecule has 2 rings (SSSR count). The van der Waals surface area contributed by atoms with Crippen LogP contribution < -0.4 is 5.32 Å². The fourth-order valence-corrected chi connectivity index (χ4v) is 4.19. The molecule has 0 atom stereocenters. The lowest BCUT2D eigenvalue weighted by atomic mass is 10.2. The lowest BCUT2D eigenvalue weighted by Gasteiger charge is -2.14. The molecule has 1 N–H and O–H groups in total. The summed E-state index contributed by atoms with van der Waals surface area (Å²) in [7, 11) is -1.93. The zero-order chi connectivity index (χ0) is 17.0. The lowest BCUT2D eigenvalue weighted by Crippen LogP contribution is -2.26. The average Bonchev–Trinajstić information content (AvgIpc) is 2.92. The number of aromatic nitrogens is 1. The average molecular weight is 355 g/mol. The minimum atomic E-state index is -3.48. The maximum absolute atomic E-state index is 12.4. The van der Waals surface area contributed by atoms with Crippen molar-refractivity contribution in [1.82, 2.24) is 9.29 Å². The molecule has 23 heavy (non-hydrogen) atoms. The van der Waals surface area contributed by atoms with Crippen molar-refractivity contribution in [3.05, 3.63) is 18.2 Å². The van der Waals surface area contributed by atoms with Crippen LogP contribution in [0.1, 0.15) is 33.1 Å². The standard InChI is InChI=1S/C15H21N3O3S2/c1-4-6-7-14(19)17-15-16-12-9-8-11(10-13(12)22-15)23(20,21)18(3)5-2/h8-10H,4-7H2,1-3H3,(H,16,17,19). The molecule has 1 amide bonds. The first kappa shape index (κ1) is 17.8. The quantitative estimate of drug-likeness (QED) is 0.828. The molecule has 0 spiro atoms. The van der Waals surface area contributed by atoms with E-state index < -0.39 is 10.0 Å². The Kier molecular flexibility index (Phi) is 5.72. The Balaban J connectivity index is 2.26. The number of benzene rings is 1. The number of carbonyl (C=O) groups is 1. The molecule has 0 unspecified atom stereocenters. The third-order valence-electron chi connectivity index (χ3n) is 3.52. The molecule has 1 heterocycles. The molecular formula is C15H21N3O3S2. The molecule has 8 heteroatoms. The highest BCUT2D eigenvalue weighted by Gasteiger charge is 2.20. The first-order chi connectivity index (χ1) is 10.9. The van der Waals surface area contributed by atoms with Gasteiger partial charge < -0.3 is 5.32 Å². The number of thiazole rings is 1. The smallest absolute Gasteiger partial charge is 0.242 e. The summed E-state index contributed by atoms with van der Waals surface area (Å²) >= 11 is 1.28. The molecule has 0 saturated carbocycles. The van der Waals surface area contributed by atoms with E-state index >= 15 is 0 Å². The number of amides is 1. The van der Waals surface area contributed by atoms with Crippen molar-refractivity contribution in [3.8, 4) is 0 Å². The van der Waals surface area contributed by atoms with E-state index in [-0.39, 0.29) is 10.8 Å². The van der Waals surface area contributed by atoms with Crippen LogP contribution in [0.2, 0.25) is 0 Å². The monoisotopic (exact) mass is 355 g/mol. The number of unbranched alkanes of at least 4 members (excludes halogenated alkanes) is 1. The van der Waals surface area contributed by atoms with Crippen LogP contribution >= 0.6 is 11.3 Å². The van der Waals surface area contributed by atoms with Crippen molar-refractivity contribution in [3.63, 3.8) is 0 Å². The van der Waals surface area contributed by atoms with E-state index in [9.17, 15) is 13.2 Å². The topological polar surface area (TPSA) is 79.4 Å². The van der Waals surface area contributed by atoms with Gasteiger partial charge in [0.1, 0.15) is 0 Å². The van der Waals surface area contributed by atoms with E-state index in [2.05, 4.69) is 10.3 Å². The van der Waals surface area contributed by atoms with Gasteiger partial charge in [0.15, 0.2) is 5.13 Å². The minimum Gasteiger partial charge on any atom is -0.302 e. The van der Waals surface area contributed by atoms with Gasteiger partial charge in [-0.2, -0.15) is 0 Å². The first-order valence-electron chi connectivity index (χ1n) is 7.55. The zero-order valence-corrected chi connectivity index (χ0v) is 15.1. The molecule has 0 fully saturated rings. The van der Waals surface area contributed by atoms with Crippen molar-refractivity contribution in [2.24, 2.45) is 0 Å². The lowest BCUT2D eigenvalue weighted by molar-refractivity contribution is -0.116. The van der Waals surface area contributed by atoms with Crippen molar-refractivity contribution in [2.45, 2.75) is 38.0 Å². The normalized spacial score (nSPS) is 12.0. The number of carbonyl (C=O) groups excluding carboxylic acids is 1. The predicted octanol–water partition coefficient (Wildman–Crippen LogP) is 3.07. The minimum absolute atomic E-state index is 0.0653. The van der Waals surface area contributed by atoms with Crippen LogP contribution in [0.15, 0.2) is 23.1 Å². The highest BCUT2D eigenvalue weighted by Crippen LogP contribution is 2.29. The van der Waals surface area contributed by atoms with Gasteiger partial charge in [-0.3, -0.25) is 4.79 Å². The van der Waals surface area contributed by atoms with E-state index in [4.69, 9.17) is 0 Å². The van der Waals surface area contributed by atoms with E-state index in [0.29, 0.717) is 23.6 Å². The van der Waals surface area contributed by atoms with E-state index in [1.54, 1.807) is 32.2 Å². The van der Waals surface area contributed by atoms with Crippen molar-refractivity contribution >= 4 is 42.6 Å². The van der Waals surface area contributed by atoms with Crippen molar-refractivity contribution in [1.29, 1.82) is 0 Å². The third-order valence-corrected chi connectivity index (χ3v) is 6.38. The van der Waals surface area contributed by atoms with E-state index in [1.165, 1.54) is 15.6 Å². The van der Waals surface area contributed by atoms with Gasteiger partial charge in [0.2, 0.25) is 15.9 Å². The summed E-state index contributed by atoms with van der Waals surface area (Å²) in [5, 5.41) is 3.27. The molecule has 0 aliphatic rings. The Bertz CT molecular complexity index is 799. The van der Waals surface area contributed by atoms with Gasteiger partial charge in [-0.15, -0.1) is 0 Å². The molecule has 2 aromatic rings. The van der Waals surface area contributed by atoms with Crippen LogP contribution in [-0.2, 0) is 14.8 Å². The van der Waals surface area contributed by atoms with Crippen LogP contribution in [0.4, 0.5) is 5.13 Å². The highest BCUT2D eigenvalue weighted by molar-refractivity contribution is 7.89. The Morgan fingerprint density at radius 1 is 1.35 bits per heavy atom. The van der Waals surface area contributed by atoms with Crippen molar-refractivity contribution in [2.75, 3.05) is 18.9 Å². The summed E-state index contributed by atoms with van der Waals surface area (Å²) in [4.78, 5) is 16.3. The molecule has 0 aliphatic heterocycles. The number of hydrogen-bond acceptors (Lipinski definition) is 5. The highest BCUT2D eigenvalue weighted by atomic mass is 32.2. The molecular weight excluding hydrogens is 334 g/mol. The van der Waals surface area contributed by atoms with Gasteiger partial charge in [-0.05, 0) is 24.6 Å². The van der Waals surface area contributed by atoms with Crippen LogP contribution in [0.3, 0.4) is 0 Å². The van der Waals surface area contributed by atoms with Gasteiger partial charge in [0.25, 0.3) is 0 Å². The summed E-state index contributed by atoms with van der Waals surface area (Å²) in [6.07, 6.45) is 2.26. The summed E-state index contributed by atoms with van der Waals surface area (Å²) < 4.78 is 26.7. The second-order valence-electron chi connectivity index (χ2n) is 5.22. The molecule has 1 aromatic carbocycles. The first-order valence-corrected chi connectivity index (χ1v) is 9.81. The molecule has 0 aliphatic carbocycles. The second-order valence-corrected chi connectivity index (χ2v) is 8.30. The summed E-state index contributed by atoms with van der Waals surface area (Å²) in [5.41, 5.74) is 0.680. The van der Waals surface area contributed by atoms with Gasteiger partial charge in [0, 0.05) is 20.0 Å². The van der Waals surface area contributed by atoms with Crippen LogP contribution in [0.25, 0.3) is 10.2 Å². The number of rotatable bonds is 7. The predicted molar refractivity (Wildman–Crippen MR) is 93.3 cm³/mol. The largest absolute Gasteiger partial charge is 0.302 e. The van der Waals surface area contributed by atoms with Crippen LogP contribution in [0.5, 0.6) is 0 Å². The molecule has 0 radical (unpaired) electrons. The molecule has 0 saturated heterocycles. The number of sulfonamides is 1. The Labute approximate surface area is 140 Å². The molecule has 6 nitrogen and oxygen atoms in total. The maximum atomic E-state index is 12.4. The summed E-state index contributed by atoms with van der Waals surface area (Å²) in [5.74, 6) is -0.0653. The van der Waals surface area contributed by atoms with Crippen LogP contribution in [-0.4, -0.2) is 37.2 Å². The molecule has 1 aromatic heterocycles. The fourth-order valence-electron chi connectivity index (χ4n) is 1.99. The van der Waals surface area contributed by atoms with Gasteiger partial charge in [0.05, 0.1) is 15.1 Å². The number of nitrogens with zero attached hydrogens (tertiary/aromatic N) is 2. The third kappa shape index (κ3) is 4.07. The Hall–Kier alpha value is -1.51. The number of anilines is 1. The van der Waals surface area contributed by atoms with E-state index in [1.807, 2.05) is 6.92 Å².